The average Bonchev–Trinajstić information content (AvgIpc) is 2.59. The highest BCUT2D eigenvalue weighted by atomic mass is 32.1. The van der Waals surface area contributed by atoms with E-state index in [4.69, 9.17) is 0 Å². The molecule has 0 amide bonds. The Hall–Kier alpha value is 0.310. The summed E-state index contributed by atoms with van der Waals surface area (Å²) in [6, 6.07) is 0. The smallest absolute Gasteiger partial charge is 0.00158 e. The summed E-state index contributed by atoms with van der Waals surface area (Å²) in [4.78, 5) is 2.59. The topological polar surface area (TPSA) is 3.24 Å². The van der Waals surface area contributed by atoms with Crippen LogP contribution in [0.25, 0.3) is 0 Å². The zero-order valence-electron chi connectivity index (χ0n) is 8.13. The van der Waals surface area contributed by atoms with Gasteiger partial charge in [0.15, 0.2) is 0 Å². The summed E-state index contributed by atoms with van der Waals surface area (Å²) in [6.45, 7) is 6.25. The van der Waals surface area contributed by atoms with Gasteiger partial charge in [0.25, 0.3) is 0 Å². The maximum Gasteiger partial charge on any atom is -0.00158 e. The molecule has 0 aliphatic carbocycles. The van der Waals surface area contributed by atoms with Crippen molar-refractivity contribution in [1.82, 2.24) is 4.90 Å². The predicted octanol–water partition coefficient (Wildman–Crippen LogP) is 2.43. The van der Waals surface area contributed by atoms with Gasteiger partial charge in [-0.15, -0.1) is 0 Å². The summed E-state index contributed by atoms with van der Waals surface area (Å²) in [5.74, 6) is 1.90. The molecule has 0 aromatic heterocycles. The zero-order chi connectivity index (χ0) is 8.81. The van der Waals surface area contributed by atoms with Crippen LogP contribution < -0.4 is 0 Å². The van der Waals surface area contributed by atoms with Gasteiger partial charge in [0.05, 0.1) is 0 Å². The Morgan fingerprint density at radius 3 is 2.50 bits per heavy atom. The van der Waals surface area contributed by atoms with E-state index >= 15 is 0 Å². The van der Waals surface area contributed by atoms with Crippen LogP contribution in [0.2, 0.25) is 0 Å². The van der Waals surface area contributed by atoms with Crippen LogP contribution in [0.3, 0.4) is 0 Å². The van der Waals surface area contributed by atoms with E-state index in [1.54, 1.807) is 0 Å². The third-order valence-electron chi connectivity index (χ3n) is 2.89. The van der Waals surface area contributed by atoms with Crippen molar-refractivity contribution in [2.45, 2.75) is 32.6 Å². The molecule has 1 saturated heterocycles. The lowest BCUT2D eigenvalue weighted by Gasteiger charge is -2.18. The number of hydrogen-bond acceptors (Lipinski definition) is 2. The first kappa shape index (κ1) is 10.4. The monoisotopic (exact) mass is 187 g/mol. The Kier molecular flexibility index (Phi) is 5.08. The lowest BCUT2D eigenvalue weighted by Crippen LogP contribution is -2.22. The van der Waals surface area contributed by atoms with E-state index in [2.05, 4.69) is 24.5 Å². The van der Waals surface area contributed by atoms with Gasteiger partial charge in [0, 0.05) is 0 Å². The highest BCUT2D eigenvalue weighted by Crippen LogP contribution is 2.14. The Morgan fingerprint density at radius 1 is 1.33 bits per heavy atom. The molecule has 1 atom stereocenters. The van der Waals surface area contributed by atoms with Crippen molar-refractivity contribution in [2.24, 2.45) is 5.92 Å². The largest absolute Gasteiger partial charge is 0.303 e. The van der Waals surface area contributed by atoms with E-state index in [0.29, 0.717) is 0 Å². The molecule has 1 rings (SSSR count). The molecule has 0 aromatic carbocycles. The predicted molar refractivity (Wildman–Crippen MR) is 57.9 cm³/mol. The zero-order valence-corrected chi connectivity index (χ0v) is 9.02. The van der Waals surface area contributed by atoms with E-state index in [-0.39, 0.29) is 0 Å². The Balaban J connectivity index is 2.06. The van der Waals surface area contributed by atoms with Gasteiger partial charge < -0.3 is 4.90 Å². The van der Waals surface area contributed by atoms with Crippen molar-refractivity contribution in [3.8, 4) is 0 Å². The Bertz CT molecular complexity index is 104. The molecule has 0 aromatic rings. The number of likely N-dealkylation sites (tertiary alicyclic amines) is 1. The molecule has 72 valence electrons. The lowest BCUT2D eigenvalue weighted by atomic mass is 10.1. The van der Waals surface area contributed by atoms with Crippen LogP contribution in [0.15, 0.2) is 0 Å². The molecule has 1 heterocycles. The molecule has 1 aliphatic rings. The van der Waals surface area contributed by atoms with Crippen molar-refractivity contribution in [3.63, 3.8) is 0 Å². The Labute approximate surface area is 81.9 Å². The van der Waals surface area contributed by atoms with Gasteiger partial charge >= 0.3 is 0 Å². The SMILES string of the molecule is CCC(CS)CCN1CCCC1. The van der Waals surface area contributed by atoms with Gasteiger partial charge in [-0.05, 0) is 50.6 Å². The highest BCUT2D eigenvalue weighted by Gasteiger charge is 2.12. The molecule has 1 aliphatic heterocycles. The first-order valence-corrected chi connectivity index (χ1v) is 5.83. The third-order valence-corrected chi connectivity index (χ3v) is 3.40. The van der Waals surface area contributed by atoms with E-state index in [0.717, 1.165) is 11.7 Å². The highest BCUT2D eigenvalue weighted by molar-refractivity contribution is 7.80. The summed E-state index contributed by atoms with van der Waals surface area (Å²) in [5, 5.41) is 0. The van der Waals surface area contributed by atoms with Gasteiger partial charge in [-0.3, -0.25) is 0 Å². The summed E-state index contributed by atoms with van der Waals surface area (Å²) in [6.07, 6.45) is 5.46. The number of hydrogen-bond donors (Lipinski definition) is 1. The molecular formula is C10H21NS. The van der Waals surface area contributed by atoms with Crippen LogP contribution >= 0.6 is 12.6 Å². The standard InChI is InChI=1S/C10H21NS/c1-2-10(9-12)5-8-11-6-3-4-7-11/h10,12H,2-9H2,1H3. The molecule has 0 spiro atoms. The van der Waals surface area contributed by atoms with Gasteiger partial charge in [-0.25, -0.2) is 0 Å². The second-order valence-corrected chi connectivity index (χ2v) is 4.16. The number of nitrogens with zero attached hydrogens (tertiary/aromatic N) is 1. The lowest BCUT2D eigenvalue weighted by molar-refractivity contribution is 0.307. The second-order valence-electron chi connectivity index (χ2n) is 3.79. The first-order valence-electron chi connectivity index (χ1n) is 5.20. The first-order chi connectivity index (χ1) is 5.86. The van der Waals surface area contributed by atoms with Gasteiger partial charge in [-0.2, -0.15) is 12.6 Å². The van der Waals surface area contributed by atoms with E-state index in [9.17, 15) is 0 Å². The van der Waals surface area contributed by atoms with Crippen molar-refractivity contribution in [1.29, 1.82) is 0 Å². The van der Waals surface area contributed by atoms with Gasteiger partial charge in [0.2, 0.25) is 0 Å². The van der Waals surface area contributed by atoms with E-state index < -0.39 is 0 Å². The van der Waals surface area contributed by atoms with Crippen LogP contribution in [-0.2, 0) is 0 Å². The summed E-state index contributed by atoms with van der Waals surface area (Å²) >= 11 is 4.35. The van der Waals surface area contributed by atoms with Crippen molar-refractivity contribution < 1.29 is 0 Å². The minimum absolute atomic E-state index is 0.842. The van der Waals surface area contributed by atoms with Crippen LogP contribution in [0.1, 0.15) is 32.6 Å². The summed E-state index contributed by atoms with van der Waals surface area (Å²) in [5.41, 5.74) is 0. The van der Waals surface area contributed by atoms with E-state index in [1.165, 1.54) is 45.3 Å². The van der Waals surface area contributed by atoms with Crippen LogP contribution in [0.4, 0.5) is 0 Å². The fraction of sp³-hybridized carbons (Fsp3) is 1.00. The van der Waals surface area contributed by atoms with E-state index in [1.807, 2.05) is 0 Å². The third kappa shape index (κ3) is 3.36. The fourth-order valence-corrected chi connectivity index (χ4v) is 2.24. The van der Waals surface area contributed by atoms with Crippen LogP contribution in [0, 0.1) is 5.92 Å². The van der Waals surface area contributed by atoms with Gasteiger partial charge in [0.1, 0.15) is 0 Å². The molecule has 1 fully saturated rings. The molecule has 0 bridgehead atoms. The van der Waals surface area contributed by atoms with Gasteiger partial charge in [-0.1, -0.05) is 13.3 Å². The maximum absolute atomic E-state index is 4.35. The maximum atomic E-state index is 4.35. The summed E-state index contributed by atoms with van der Waals surface area (Å²) < 4.78 is 0. The normalized spacial score (nSPS) is 21.5. The number of thiol groups is 1. The molecule has 2 heteroatoms. The molecule has 0 radical (unpaired) electrons. The molecule has 0 saturated carbocycles. The molecule has 1 unspecified atom stereocenters. The number of rotatable bonds is 5. The molecule has 12 heavy (non-hydrogen) atoms. The van der Waals surface area contributed by atoms with Crippen LogP contribution in [0.5, 0.6) is 0 Å². The summed E-state index contributed by atoms with van der Waals surface area (Å²) in [7, 11) is 0. The van der Waals surface area contributed by atoms with Crippen molar-refractivity contribution in [3.05, 3.63) is 0 Å². The molecular weight excluding hydrogens is 166 g/mol. The quantitative estimate of drug-likeness (QED) is 0.647. The molecule has 0 N–H and O–H groups in total. The fourth-order valence-electron chi connectivity index (χ4n) is 1.80. The minimum Gasteiger partial charge on any atom is -0.303 e. The van der Waals surface area contributed by atoms with Crippen molar-refractivity contribution in [2.75, 3.05) is 25.4 Å². The second kappa shape index (κ2) is 5.87. The van der Waals surface area contributed by atoms with Crippen LogP contribution in [-0.4, -0.2) is 30.3 Å². The minimum atomic E-state index is 0.842. The molecule has 1 nitrogen and oxygen atoms in total. The Morgan fingerprint density at radius 2 is 2.00 bits per heavy atom. The van der Waals surface area contributed by atoms with Crippen molar-refractivity contribution >= 4 is 12.6 Å². The average molecular weight is 187 g/mol.